The second kappa shape index (κ2) is 6.21. The Morgan fingerprint density at radius 2 is 2.19 bits per heavy atom. The molecule has 1 N–H and O–H groups in total. The third-order valence-electron chi connectivity index (χ3n) is 3.13. The van der Waals surface area contributed by atoms with E-state index >= 15 is 0 Å². The van der Waals surface area contributed by atoms with Crippen molar-refractivity contribution in [1.29, 1.82) is 0 Å². The quantitative estimate of drug-likeness (QED) is 0.751. The van der Waals surface area contributed by atoms with Crippen molar-refractivity contribution in [3.8, 4) is 0 Å². The molecule has 4 heteroatoms. The van der Waals surface area contributed by atoms with Crippen LogP contribution in [-0.2, 0) is 9.53 Å². The number of nitrogens with zero attached hydrogens (tertiary/aromatic N) is 1. The normalized spacial score (nSPS) is 23.9. The van der Waals surface area contributed by atoms with Gasteiger partial charge in [0, 0.05) is 19.7 Å². The number of likely N-dealkylation sites (tertiary alicyclic amines) is 1. The molecule has 1 aliphatic heterocycles. The summed E-state index contributed by atoms with van der Waals surface area (Å²) in [5.41, 5.74) is 0. The molecule has 2 atom stereocenters. The minimum atomic E-state index is -0.747. The van der Waals surface area contributed by atoms with E-state index in [-0.39, 0.29) is 6.10 Å². The minimum Gasteiger partial charge on any atom is -0.480 e. The highest BCUT2D eigenvalue weighted by Crippen LogP contribution is 2.16. The van der Waals surface area contributed by atoms with Crippen LogP contribution in [0, 0.1) is 5.92 Å². The van der Waals surface area contributed by atoms with E-state index in [9.17, 15) is 4.79 Å². The fraction of sp³-hybridized carbons (Fsp3) is 0.917. The molecule has 2 unspecified atom stereocenters. The second-order valence-corrected chi connectivity index (χ2v) is 4.97. The van der Waals surface area contributed by atoms with E-state index < -0.39 is 12.0 Å². The molecule has 0 aromatic heterocycles. The minimum absolute atomic E-state index is 0.223. The molecule has 0 amide bonds. The van der Waals surface area contributed by atoms with Crippen LogP contribution >= 0.6 is 0 Å². The Labute approximate surface area is 97.6 Å². The third-order valence-corrected chi connectivity index (χ3v) is 3.13. The Hall–Kier alpha value is -0.610. The molecule has 94 valence electrons. The highest BCUT2D eigenvalue weighted by atomic mass is 16.5. The van der Waals surface area contributed by atoms with Crippen molar-refractivity contribution >= 4 is 5.97 Å². The molecule has 0 aromatic carbocycles. The Kier molecular flexibility index (Phi) is 5.22. The zero-order valence-electron chi connectivity index (χ0n) is 10.5. The van der Waals surface area contributed by atoms with Gasteiger partial charge in [-0.2, -0.15) is 0 Å². The van der Waals surface area contributed by atoms with E-state index in [0.29, 0.717) is 5.92 Å². The molecule has 0 saturated carbocycles. The lowest BCUT2D eigenvalue weighted by Crippen LogP contribution is -2.38. The average molecular weight is 229 g/mol. The van der Waals surface area contributed by atoms with Crippen LogP contribution in [0.1, 0.15) is 33.6 Å². The van der Waals surface area contributed by atoms with Gasteiger partial charge in [0.15, 0.2) is 0 Å². The predicted octanol–water partition coefficient (Wildman–Crippen LogP) is 1.60. The van der Waals surface area contributed by atoms with Gasteiger partial charge in [0.2, 0.25) is 0 Å². The van der Waals surface area contributed by atoms with Gasteiger partial charge in [-0.05, 0) is 25.7 Å². The summed E-state index contributed by atoms with van der Waals surface area (Å²) in [6.07, 6.45) is 2.25. The maximum Gasteiger partial charge on any atom is 0.320 e. The predicted molar refractivity (Wildman–Crippen MR) is 62.5 cm³/mol. The van der Waals surface area contributed by atoms with Crippen molar-refractivity contribution in [2.75, 3.05) is 19.7 Å². The van der Waals surface area contributed by atoms with Crippen LogP contribution in [-0.4, -0.2) is 47.8 Å². The molecule has 0 radical (unpaired) electrons. The van der Waals surface area contributed by atoms with Crippen LogP contribution < -0.4 is 0 Å². The fourth-order valence-corrected chi connectivity index (χ4v) is 1.87. The van der Waals surface area contributed by atoms with Crippen LogP contribution in [0.3, 0.4) is 0 Å². The first-order chi connectivity index (χ1) is 7.50. The van der Waals surface area contributed by atoms with Crippen molar-refractivity contribution in [3.63, 3.8) is 0 Å². The van der Waals surface area contributed by atoms with E-state index in [1.807, 2.05) is 4.90 Å². The fourth-order valence-electron chi connectivity index (χ4n) is 1.87. The molecular weight excluding hydrogens is 206 g/mol. The topological polar surface area (TPSA) is 49.8 Å². The smallest absolute Gasteiger partial charge is 0.320 e. The van der Waals surface area contributed by atoms with Crippen molar-refractivity contribution in [3.05, 3.63) is 0 Å². The van der Waals surface area contributed by atoms with Gasteiger partial charge in [-0.15, -0.1) is 0 Å². The Bertz CT molecular complexity index is 230. The van der Waals surface area contributed by atoms with E-state index in [0.717, 1.165) is 32.5 Å². The van der Waals surface area contributed by atoms with Gasteiger partial charge in [0.1, 0.15) is 6.04 Å². The molecule has 1 saturated heterocycles. The van der Waals surface area contributed by atoms with E-state index in [1.165, 1.54) is 0 Å². The monoisotopic (exact) mass is 229 g/mol. The number of carboxylic acids is 1. The number of aliphatic carboxylic acids is 1. The van der Waals surface area contributed by atoms with Crippen molar-refractivity contribution < 1.29 is 14.6 Å². The molecule has 1 fully saturated rings. The van der Waals surface area contributed by atoms with Gasteiger partial charge in [0.05, 0.1) is 6.10 Å². The lowest BCUT2D eigenvalue weighted by atomic mass is 10.1. The summed E-state index contributed by atoms with van der Waals surface area (Å²) in [7, 11) is 0. The van der Waals surface area contributed by atoms with Crippen molar-refractivity contribution in [2.24, 2.45) is 5.92 Å². The van der Waals surface area contributed by atoms with Crippen molar-refractivity contribution in [2.45, 2.75) is 45.8 Å². The van der Waals surface area contributed by atoms with E-state index in [2.05, 4.69) is 13.8 Å². The van der Waals surface area contributed by atoms with Gasteiger partial charge < -0.3 is 9.84 Å². The van der Waals surface area contributed by atoms with Crippen LogP contribution in [0.15, 0.2) is 0 Å². The van der Waals surface area contributed by atoms with Gasteiger partial charge in [-0.25, -0.2) is 0 Å². The Balaban J connectivity index is 2.22. The zero-order chi connectivity index (χ0) is 12.1. The lowest BCUT2D eigenvalue weighted by Gasteiger charge is -2.20. The summed E-state index contributed by atoms with van der Waals surface area (Å²) < 4.78 is 5.74. The number of rotatable bonds is 6. The van der Waals surface area contributed by atoms with Gasteiger partial charge >= 0.3 is 5.97 Å². The first-order valence-electron chi connectivity index (χ1n) is 6.09. The van der Waals surface area contributed by atoms with E-state index in [1.54, 1.807) is 6.92 Å². The second-order valence-electron chi connectivity index (χ2n) is 4.97. The van der Waals surface area contributed by atoms with Crippen LogP contribution in [0.4, 0.5) is 0 Å². The summed E-state index contributed by atoms with van der Waals surface area (Å²) in [5.74, 6) is -0.0849. The molecule has 1 rings (SSSR count). The standard InChI is InChI=1S/C12H23NO3/c1-9(2)5-7-16-11-4-6-13(8-11)10(3)12(14)15/h9-11H,4-8H2,1-3H3,(H,14,15). The third kappa shape index (κ3) is 4.10. The highest BCUT2D eigenvalue weighted by molar-refractivity contribution is 5.72. The summed E-state index contributed by atoms with van der Waals surface area (Å²) >= 11 is 0. The largest absolute Gasteiger partial charge is 0.480 e. The summed E-state index contributed by atoms with van der Waals surface area (Å²) in [6, 6.07) is -0.390. The Morgan fingerprint density at radius 3 is 2.75 bits per heavy atom. The molecular formula is C12H23NO3. The van der Waals surface area contributed by atoms with E-state index in [4.69, 9.17) is 9.84 Å². The molecule has 0 aromatic rings. The first-order valence-corrected chi connectivity index (χ1v) is 6.09. The highest BCUT2D eigenvalue weighted by Gasteiger charge is 2.29. The number of carbonyl (C=O) groups is 1. The SMILES string of the molecule is CC(C)CCOC1CCN(C(C)C(=O)O)C1. The summed E-state index contributed by atoms with van der Waals surface area (Å²) in [6.45, 7) is 8.47. The number of hydrogen-bond donors (Lipinski definition) is 1. The molecule has 1 aliphatic rings. The molecule has 0 aliphatic carbocycles. The van der Waals surface area contributed by atoms with Crippen LogP contribution in [0.25, 0.3) is 0 Å². The molecule has 16 heavy (non-hydrogen) atoms. The summed E-state index contributed by atoms with van der Waals surface area (Å²) in [5, 5.41) is 8.90. The number of ether oxygens (including phenoxy) is 1. The molecule has 0 bridgehead atoms. The first kappa shape index (κ1) is 13.5. The molecule has 4 nitrogen and oxygen atoms in total. The summed E-state index contributed by atoms with van der Waals surface area (Å²) in [4.78, 5) is 12.8. The van der Waals surface area contributed by atoms with Gasteiger partial charge in [-0.1, -0.05) is 13.8 Å². The lowest BCUT2D eigenvalue weighted by molar-refractivity contribution is -0.142. The van der Waals surface area contributed by atoms with Crippen LogP contribution in [0.5, 0.6) is 0 Å². The van der Waals surface area contributed by atoms with Crippen LogP contribution in [0.2, 0.25) is 0 Å². The molecule has 0 spiro atoms. The average Bonchev–Trinajstić information content (AvgIpc) is 2.64. The molecule has 1 heterocycles. The van der Waals surface area contributed by atoms with Gasteiger partial charge in [0.25, 0.3) is 0 Å². The van der Waals surface area contributed by atoms with Crippen molar-refractivity contribution in [1.82, 2.24) is 4.90 Å². The van der Waals surface area contributed by atoms with Gasteiger partial charge in [-0.3, -0.25) is 9.69 Å². The zero-order valence-corrected chi connectivity index (χ0v) is 10.5. The number of hydrogen-bond acceptors (Lipinski definition) is 3. The maximum atomic E-state index is 10.8. The maximum absolute atomic E-state index is 10.8. The Morgan fingerprint density at radius 1 is 1.50 bits per heavy atom. The number of carboxylic acid groups (broad SMARTS) is 1.